The number of aromatic nitrogens is 1. The van der Waals surface area contributed by atoms with Gasteiger partial charge in [0.25, 0.3) is 0 Å². The lowest BCUT2D eigenvalue weighted by Gasteiger charge is -2.35. The number of amides is 2. The number of piperazine rings is 1. The molecule has 1 aromatic heterocycles. The lowest BCUT2D eigenvalue weighted by molar-refractivity contribution is -0.141. The van der Waals surface area contributed by atoms with Crippen molar-refractivity contribution in [3.05, 3.63) is 59.4 Å². The molecule has 8 nitrogen and oxygen atoms in total. The Hall–Kier alpha value is -2.97. The predicted molar refractivity (Wildman–Crippen MR) is 119 cm³/mol. The van der Waals surface area contributed by atoms with E-state index in [1.807, 2.05) is 47.1 Å². The Labute approximate surface area is 188 Å². The number of pyridine rings is 1. The summed E-state index contributed by atoms with van der Waals surface area (Å²) in [7, 11) is 0. The van der Waals surface area contributed by atoms with E-state index in [2.05, 4.69) is 17.4 Å². The van der Waals surface area contributed by atoms with Gasteiger partial charge in [-0.3, -0.25) is 19.5 Å². The van der Waals surface area contributed by atoms with Gasteiger partial charge in [0.05, 0.1) is 38.5 Å². The standard InChI is InChI=1S/C24H30N4O4/c1-2-31-20-8-6-18(7-9-20)14-19-4-3-5-21(26-19)22-15-28(12-13-32-22)24(30)17-27-11-10-25-23(29)16-27/h3-9,22H,2,10-17H2,1H3,(H,25,29). The number of ether oxygens (including phenoxy) is 2. The summed E-state index contributed by atoms with van der Waals surface area (Å²) < 4.78 is 11.5. The zero-order valence-corrected chi connectivity index (χ0v) is 18.5. The summed E-state index contributed by atoms with van der Waals surface area (Å²) in [4.78, 5) is 32.9. The van der Waals surface area contributed by atoms with Crippen LogP contribution in [0.25, 0.3) is 0 Å². The highest BCUT2D eigenvalue weighted by Gasteiger charge is 2.28. The molecule has 3 heterocycles. The third kappa shape index (κ3) is 5.83. The molecule has 1 aromatic carbocycles. The fourth-order valence-electron chi connectivity index (χ4n) is 4.03. The zero-order chi connectivity index (χ0) is 22.3. The van der Waals surface area contributed by atoms with Crippen LogP contribution in [0.2, 0.25) is 0 Å². The molecule has 170 valence electrons. The molecule has 1 atom stereocenters. The van der Waals surface area contributed by atoms with Crippen LogP contribution in [0.15, 0.2) is 42.5 Å². The zero-order valence-electron chi connectivity index (χ0n) is 18.5. The van der Waals surface area contributed by atoms with E-state index in [1.165, 1.54) is 0 Å². The first-order valence-electron chi connectivity index (χ1n) is 11.2. The van der Waals surface area contributed by atoms with Gasteiger partial charge in [-0.1, -0.05) is 18.2 Å². The molecule has 2 amide bonds. The first kappa shape index (κ1) is 22.2. The largest absolute Gasteiger partial charge is 0.494 e. The van der Waals surface area contributed by atoms with Gasteiger partial charge in [-0.25, -0.2) is 0 Å². The van der Waals surface area contributed by atoms with E-state index in [1.54, 1.807) is 0 Å². The Kier molecular flexibility index (Phi) is 7.34. The first-order chi connectivity index (χ1) is 15.6. The van der Waals surface area contributed by atoms with Gasteiger partial charge in [-0.15, -0.1) is 0 Å². The van der Waals surface area contributed by atoms with Crippen LogP contribution in [-0.2, 0) is 20.7 Å². The number of morpholine rings is 1. The lowest BCUT2D eigenvalue weighted by atomic mass is 10.1. The monoisotopic (exact) mass is 438 g/mol. The molecule has 8 heteroatoms. The molecule has 2 fully saturated rings. The third-order valence-electron chi connectivity index (χ3n) is 5.67. The first-order valence-corrected chi connectivity index (χ1v) is 11.2. The molecule has 1 N–H and O–H groups in total. The van der Waals surface area contributed by atoms with Gasteiger partial charge in [0.1, 0.15) is 11.9 Å². The van der Waals surface area contributed by atoms with Crippen molar-refractivity contribution >= 4 is 11.8 Å². The second-order valence-corrected chi connectivity index (χ2v) is 8.07. The van der Waals surface area contributed by atoms with Gasteiger partial charge in [0, 0.05) is 31.7 Å². The maximum absolute atomic E-state index is 12.8. The topological polar surface area (TPSA) is 84.0 Å². The molecule has 0 bridgehead atoms. The Balaban J connectivity index is 1.36. The van der Waals surface area contributed by atoms with Crippen molar-refractivity contribution in [2.45, 2.75) is 19.4 Å². The van der Waals surface area contributed by atoms with Crippen molar-refractivity contribution in [3.8, 4) is 5.75 Å². The number of nitrogens with zero attached hydrogens (tertiary/aromatic N) is 3. The van der Waals surface area contributed by atoms with Crippen LogP contribution in [0.5, 0.6) is 5.75 Å². The maximum atomic E-state index is 12.8. The average Bonchev–Trinajstić information content (AvgIpc) is 2.81. The molecule has 0 saturated carbocycles. The smallest absolute Gasteiger partial charge is 0.236 e. The molecule has 0 radical (unpaired) electrons. The molecule has 4 rings (SSSR count). The maximum Gasteiger partial charge on any atom is 0.236 e. The highest BCUT2D eigenvalue weighted by atomic mass is 16.5. The third-order valence-corrected chi connectivity index (χ3v) is 5.67. The van der Waals surface area contributed by atoms with E-state index >= 15 is 0 Å². The Morgan fingerprint density at radius 2 is 2.06 bits per heavy atom. The number of hydrogen-bond acceptors (Lipinski definition) is 6. The molecule has 1 unspecified atom stereocenters. The second kappa shape index (κ2) is 10.6. The SMILES string of the molecule is CCOc1ccc(Cc2cccc(C3CN(C(=O)CN4CCNC(=O)C4)CCO3)n2)cc1. The number of nitrogens with one attached hydrogen (secondary N) is 1. The van der Waals surface area contributed by atoms with Crippen molar-refractivity contribution in [2.24, 2.45) is 0 Å². The van der Waals surface area contributed by atoms with Crippen LogP contribution in [0, 0.1) is 0 Å². The quantitative estimate of drug-likeness (QED) is 0.704. The van der Waals surface area contributed by atoms with Gasteiger partial charge < -0.3 is 19.7 Å². The molecule has 2 saturated heterocycles. The summed E-state index contributed by atoms with van der Waals surface area (Å²) in [5, 5.41) is 2.78. The molecular formula is C24H30N4O4. The van der Waals surface area contributed by atoms with E-state index in [0.717, 1.165) is 22.7 Å². The molecule has 0 aliphatic carbocycles. The highest BCUT2D eigenvalue weighted by molar-refractivity contribution is 5.82. The molecule has 2 aliphatic rings. The number of hydrogen-bond donors (Lipinski definition) is 1. The van der Waals surface area contributed by atoms with Crippen LogP contribution < -0.4 is 10.1 Å². The molecule has 0 spiro atoms. The normalized spacial score (nSPS) is 19.5. The number of carbonyl (C=O) groups is 2. The summed E-state index contributed by atoms with van der Waals surface area (Å²) >= 11 is 0. The number of carbonyl (C=O) groups excluding carboxylic acids is 2. The second-order valence-electron chi connectivity index (χ2n) is 8.07. The predicted octanol–water partition coefficient (Wildman–Crippen LogP) is 1.40. The van der Waals surface area contributed by atoms with Crippen LogP contribution >= 0.6 is 0 Å². The van der Waals surface area contributed by atoms with E-state index in [4.69, 9.17) is 14.5 Å². The fraction of sp³-hybridized carbons (Fsp3) is 0.458. The lowest BCUT2D eigenvalue weighted by Crippen LogP contribution is -2.52. The summed E-state index contributed by atoms with van der Waals surface area (Å²) in [6.45, 7) is 5.93. The van der Waals surface area contributed by atoms with Gasteiger partial charge in [-0.05, 0) is 36.8 Å². The minimum atomic E-state index is -0.252. The Bertz CT molecular complexity index is 934. The molecule has 32 heavy (non-hydrogen) atoms. The van der Waals surface area contributed by atoms with E-state index in [9.17, 15) is 9.59 Å². The van der Waals surface area contributed by atoms with Crippen LogP contribution in [0.1, 0.15) is 30.0 Å². The summed E-state index contributed by atoms with van der Waals surface area (Å²) in [6.07, 6.45) is 0.463. The summed E-state index contributed by atoms with van der Waals surface area (Å²) in [5.74, 6) is 0.861. The van der Waals surface area contributed by atoms with Crippen molar-refractivity contribution in [1.82, 2.24) is 20.1 Å². The van der Waals surface area contributed by atoms with Gasteiger partial charge in [0.15, 0.2) is 0 Å². The van der Waals surface area contributed by atoms with Gasteiger partial charge in [-0.2, -0.15) is 0 Å². The highest BCUT2D eigenvalue weighted by Crippen LogP contribution is 2.22. The van der Waals surface area contributed by atoms with E-state index in [-0.39, 0.29) is 31.0 Å². The fourth-order valence-corrected chi connectivity index (χ4v) is 4.03. The van der Waals surface area contributed by atoms with Crippen LogP contribution in [-0.4, -0.2) is 79.1 Å². The summed E-state index contributed by atoms with van der Waals surface area (Å²) in [6, 6.07) is 14.0. The van der Waals surface area contributed by atoms with Crippen LogP contribution in [0.3, 0.4) is 0 Å². The van der Waals surface area contributed by atoms with Crippen molar-refractivity contribution < 1.29 is 19.1 Å². The molecular weight excluding hydrogens is 408 g/mol. The number of benzene rings is 1. The minimum Gasteiger partial charge on any atom is -0.494 e. The Morgan fingerprint density at radius 1 is 1.22 bits per heavy atom. The number of rotatable bonds is 7. The van der Waals surface area contributed by atoms with E-state index < -0.39 is 0 Å². The Morgan fingerprint density at radius 3 is 2.84 bits per heavy atom. The van der Waals surface area contributed by atoms with Gasteiger partial charge in [0.2, 0.25) is 11.8 Å². The summed E-state index contributed by atoms with van der Waals surface area (Å²) in [5.41, 5.74) is 2.95. The molecule has 2 aromatic rings. The van der Waals surface area contributed by atoms with E-state index in [0.29, 0.717) is 45.8 Å². The van der Waals surface area contributed by atoms with Crippen molar-refractivity contribution in [2.75, 3.05) is 52.5 Å². The van der Waals surface area contributed by atoms with Crippen molar-refractivity contribution in [3.63, 3.8) is 0 Å². The van der Waals surface area contributed by atoms with Crippen LogP contribution in [0.4, 0.5) is 0 Å². The van der Waals surface area contributed by atoms with Crippen molar-refractivity contribution in [1.29, 1.82) is 0 Å². The van der Waals surface area contributed by atoms with Gasteiger partial charge >= 0.3 is 0 Å². The molecule has 2 aliphatic heterocycles. The minimum absolute atomic E-state index is 0.0264. The average molecular weight is 439 g/mol.